The number of carbonyl (C=O) groups excluding carboxylic acids is 1. The highest BCUT2D eigenvalue weighted by Gasteiger charge is 2.30. The zero-order chi connectivity index (χ0) is 17.1. The Morgan fingerprint density at radius 2 is 1.79 bits per heavy atom. The van der Waals surface area contributed by atoms with Crippen LogP contribution in [0, 0.1) is 11.6 Å². The van der Waals surface area contributed by atoms with E-state index >= 15 is 0 Å². The van der Waals surface area contributed by atoms with Crippen molar-refractivity contribution in [3.8, 4) is 0 Å². The van der Waals surface area contributed by atoms with Crippen LogP contribution in [0.2, 0.25) is 0 Å². The first kappa shape index (κ1) is 17.3. The topological polar surface area (TPSA) is 43.8 Å². The largest absolute Gasteiger partial charge is 0.387 e. The zero-order valence-electron chi connectivity index (χ0n) is 13.8. The van der Waals surface area contributed by atoms with E-state index in [2.05, 4.69) is 0 Å². The van der Waals surface area contributed by atoms with E-state index in [1.807, 2.05) is 9.80 Å². The monoisotopic (exact) mass is 338 g/mol. The average molecular weight is 338 g/mol. The Labute approximate surface area is 141 Å². The highest BCUT2D eigenvalue weighted by molar-refractivity contribution is 5.77. The van der Waals surface area contributed by atoms with Gasteiger partial charge in [-0.05, 0) is 37.8 Å². The molecule has 1 atom stereocenters. The van der Waals surface area contributed by atoms with Crippen LogP contribution in [0.4, 0.5) is 8.78 Å². The number of hydrogen-bond donors (Lipinski definition) is 1. The third kappa shape index (κ3) is 3.75. The first-order chi connectivity index (χ1) is 11.6. The van der Waals surface area contributed by atoms with E-state index in [1.54, 1.807) is 0 Å². The first-order valence-corrected chi connectivity index (χ1v) is 8.70. The third-order valence-electron chi connectivity index (χ3n) is 5.12. The van der Waals surface area contributed by atoms with Gasteiger partial charge in [-0.1, -0.05) is 6.07 Å². The molecule has 2 fully saturated rings. The molecule has 0 aliphatic carbocycles. The molecular weight excluding hydrogens is 314 g/mol. The second kappa shape index (κ2) is 7.57. The Balaban J connectivity index is 1.54. The molecule has 0 spiro atoms. The fourth-order valence-electron chi connectivity index (χ4n) is 3.79. The Kier molecular flexibility index (Phi) is 5.46. The lowest BCUT2D eigenvalue weighted by atomic mass is 9.98. The molecule has 1 aromatic rings. The van der Waals surface area contributed by atoms with Crippen LogP contribution in [0.15, 0.2) is 18.2 Å². The zero-order valence-corrected chi connectivity index (χ0v) is 13.8. The number of hydrogen-bond acceptors (Lipinski definition) is 3. The van der Waals surface area contributed by atoms with Crippen molar-refractivity contribution in [2.24, 2.45) is 0 Å². The van der Waals surface area contributed by atoms with Gasteiger partial charge in [0.05, 0.1) is 11.7 Å². The lowest BCUT2D eigenvalue weighted by Crippen LogP contribution is -2.49. The molecule has 132 valence electrons. The van der Waals surface area contributed by atoms with Gasteiger partial charge in [-0.3, -0.25) is 4.79 Å². The van der Waals surface area contributed by atoms with E-state index in [4.69, 9.17) is 0 Å². The Morgan fingerprint density at radius 3 is 2.42 bits per heavy atom. The maximum absolute atomic E-state index is 13.7. The van der Waals surface area contributed by atoms with Gasteiger partial charge in [-0.2, -0.15) is 0 Å². The summed E-state index contributed by atoms with van der Waals surface area (Å²) < 4.78 is 27.5. The molecule has 1 N–H and O–H groups in total. The van der Waals surface area contributed by atoms with Crippen LogP contribution in [0.25, 0.3) is 0 Å². The molecule has 1 unspecified atom stereocenters. The fraction of sp³-hybridized carbons (Fsp3) is 0.611. The summed E-state index contributed by atoms with van der Waals surface area (Å²) in [6.07, 6.45) is 3.20. The van der Waals surface area contributed by atoms with Crippen molar-refractivity contribution in [3.05, 3.63) is 35.4 Å². The van der Waals surface area contributed by atoms with Crippen LogP contribution in [0.1, 0.15) is 43.8 Å². The van der Waals surface area contributed by atoms with Crippen LogP contribution in [-0.4, -0.2) is 53.0 Å². The lowest BCUT2D eigenvalue weighted by Gasteiger charge is -2.40. The number of piperidine rings is 2. The summed E-state index contributed by atoms with van der Waals surface area (Å²) in [5, 5.41) is 10.2. The van der Waals surface area contributed by atoms with Crippen LogP contribution in [0.5, 0.6) is 0 Å². The van der Waals surface area contributed by atoms with Gasteiger partial charge in [0.2, 0.25) is 5.91 Å². The van der Waals surface area contributed by atoms with Gasteiger partial charge in [-0.15, -0.1) is 0 Å². The number of aliphatic hydroxyl groups excluding tert-OH is 1. The third-order valence-corrected chi connectivity index (χ3v) is 5.12. The quantitative estimate of drug-likeness (QED) is 0.917. The molecule has 0 radical (unpaired) electrons. The standard InChI is InChI=1S/C18H24F2N2O2/c19-14-4-3-5-15(20)18(14)16(23)12-21-10-7-13(8-11-21)22-9-2-1-6-17(22)24/h3-5,13,16,23H,1-2,6-12H2. The predicted molar refractivity (Wildman–Crippen MR) is 86.3 cm³/mol. The number of rotatable bonds is 4. The molecule has 6 heteroatoms. The molecule has 1 amide bonds. The summed E-state index contributed by atoms with van der Waals surface area (Å²) in [4.78, 5) is 16.0. The van der Waals surface area contributed by atoms with E-state index in [-0.39, 0.29) is 24.1 Å². The summed E-state index contributed by atoms with van der Waals surface area (Å²) in [6.45, 7) is 2.49. The number of likely N-dealkylation sites (tertiary alicyclic amines) is 2. The van der Waals surface area contributed by atoms with Crippen LogP contribution >= 0.6 is 0 Å². The molecule has 2 aliphatic rings. The highest BCUT2D eigenvalue weighted by atomic mass is 19.1. The SMILES string of the molecule is O=C1CCCCN1C1CCN(CC(O)c2c(F)cccc2F)CC1. The van der Waals surface area contributed by atoms with Crippen molar-refractivity contribution in [1.29, 1.82) is 0 Å². The van der Waals surface area contributed by atoms with Crippen molar-refractivity contribution in [3.63, 3.8) is 0 Å². The smallest absolute Gasteiger partial charge is 0.222 e. The minimum Gasteiger partial charge on any atom is -0.387 e. The van der Waals surface area contributed by atoms with E-state index in [0.29, 0.717) is 6.42 Å². The number of β-amino-alcohol motifs (C(OH)–C–C–N with tert-alkyl or cyclic N) is 1. The summed E-state index contributed by atoms with van der Waals surface area (Å²) >= 11 is 0. The molecule has 0 saturated carbocycles. The molecule has 2 aliphatic heterocycles. The average Bonchev–Trinajstić information content (AvgIpc) is 2.56. The minimum absolute atomic E-state index is 0.207. The summed E-state index contributed by atoms with van der Waals surface area (Å²) in [5.41, 5.74) is -0.258. The van der Waals surface area contributed by atoms with Crippen molar-refractivity contribution in [1.82, 2.24) is 9.80 Å². The predicted octanol–water partition coefficient (Wildman–Crippen LogP) is 2.48. The molecule has 2 saturated heterocycles. The molecule has 4 nitrogen and oxygen atoms in total. The fourth-order valence-corrected chi connectivity index (χ4v) is 3.79. The van der Waals surface area contributed by atoms with E-state index in [0.717, 1.165) is 57.5 Å². The molecule has 24 heavy (non-hydrogen) atoms. The van der Waals surface area contributed by atoms with Crippen molar-refractivity contribution < 1.29 is 18.7 Å². The number of carbonyl (C=O) groups is 1. The molecule has 1 aromatic carbocycles. The lowest BCUT2D eigenvalue weighted by molar-refractivity contribution is -0.136. The minimum atomic E-state index is -1.18. The Hall–Kier alpha value is -1.53. The summed E-state index contributed by atoms with van der Waals surface area (Å²) in [5.74, 6) is -1.18. The maximum Gasteiger partial charge on any atom is 0.222 e. The van der Waals surface area contributed by atoms with Gasteiger partial charge >= 0.3 is 0 Å². The van der Waals surface area contributed by atoms with E-state index < -0.39 is 17.7 Å². The van der Waals surface area contributed by atoms with Crippen molar-refractivity contribution in [2.45, 2.75) is 44.2 Å². The Bertz CT molecular complexity index is 568. The van der Waals surface area contributed by atoms with Crippen LogP contribution in [0.3, 0.4) is 0 Å². The van der Waals surface area contributed by atoms with Gasteiger partial charge in [0.1, 0.15) is 11.6 Å². The number of benzene rings is 1. The van der Waals surface area contributed by atoms with E-state index in [9.17, 15) is 18.7 Å². The summed E-state index contributed by atoms with van der Waals surface area (Å²) in [6, 6.07) is 3.88. The normalized spacial score (nSPS) is 22.0. The Morgan fingerprint density at radius 1 is 1.12 bits per heavy atom. The second-order valence-corrected chi connectivity index (χ2v) is 6.73. The summed E-state index contributed by atoms with van der Waals surface area (Å²) in [7, 11) is 0. The van der Waals surface area contributed by atoms with Gasteiger partial charge in [-0.25, -0.2) is 8.78 Å². The highest BCUT2D eigenvalue weighted by Crippen LogP contribution is 2.25. The molecule has 2 heterocycles. The van der Waals surface area contributed by atoms with Crippen molar-refractivity contribution >= 4 is 5.91 Å². The van der Waals surface area contributed by atoms with Crippen LogP contribution in [-0.2, 0) is 4.79 Å². The van der Waals surface area contributed by atoms with Gasteiger partial charge in [0.25, 0.3) is 0 Å². The second-order valence-electron chi connectivity index (χ2n) is 6.73. The van der Waals surface area contributed by atoms with Crippen LogP contribution < -0.4 is 0 Å². The molecule has 0 bridgehead atoms. The molecular formula is C18H24F2N2O2. The molecule has 0 aromatic heterocycles. The first-order valence-electron chi connectivity index (χ1n) is 8.70. The molecule has 3 rings (SSSR count). The van der Waals surface area contributed by atoms with Gasteiger partial charge in [0.15, 0.2) is 0 Å². The van der Waals surface area contributed by atoms with E-state index in [1.165, 1.54) is 6.07 Å². The van der Waals surface area contributed by atoms with Crippen molar-refractivity contribution in [2.75, 3.05) is 26.2 Å². The number of aliphatic hydroxyl groups is 1. The number of halogens is 2. The maximum atomic E-state index is 13.7. The van der Waals surface area contributed by atoms with Gasteiger partial charge in [0, 0.05) is 38.6 Å². The number of nitrogens with zero attached hydrogens (tertiary/aromatic N) is 2. The number of amides is 1. The van der Waals surface area contributed by atoms with Gasteiger partial charge < -0.3 is 14.9 Å².